The monoisotopic (exact) mass is 1480 g/mol. The van der Waals surface area contributed by atoms with Gasteiger partial charge < -0.3 is 64.8 Å². The number of hydrogen-bond donors (Lipinski definition) is 3. The molecule has 588 valence electrons. The molecule has 2 saturated heterocycles. The first-order valence-corrected chi connectivity index (χ1v) is 37.8. The molecule has 0 aromatic rings. The number of halogens is 5. The number of hydrogen-bond acceptors (Lipinski definition) is 13. The van der Waals surface area contributed by atoms with E-state index in [2.05, 4.69) is 16.0 Å². The van der Waals surface area contributed by atoms with Gasteiger partial charge in [-0.25, -0.2) is 8.78 Å². The fourth-order valence-electron chi connectivity index (χ4n) is 16.2. The van der Waals surface area contributed by atoms with E-state index in [9.17, 15) is 41.9 Å². The summed E-state index contributed by atoms with van der Waals surface area (Å²) in [6.45, 7) is 11.2. The van der Waals surface area contributed by atoms with E-state index in [1.807, 2.05) is 40.7 Å². The molecule has 6 rings (SSSR count). The van der Waals surface area contributed by atoms with Crippen LogP contribution in [0.5, 0.6) is 0 Å². The topological polar surface area (TPSA) is 279 Å². The van der Waals surface area contributed by atoms with Crippen molar-refractivity contribution in [3.05, 3.63) is 12.2 Å². The maximum atomic E-state index is 15.5. The number of rotatable bonds is 15. The normalized spacial score (nSPS) is 30.4. The molecule has 6 aliphatic rings. The minimum absolute atomic E-state index is 0.0144. The van der Waals surface area contributed by atoms with Crippen LogP contribution < -0.4 is 16.0 Å². The molecule has 3 aliphatic heterocycles. The smallest absolute Gasteiger partial charge is 0.377 e. The van der Waals surface area contributed by atoms with Crippen LogP contribution in [0.3, 0.4) is 0 Å². The van der Waals surface area contributed by atoms with Crippen LogP contribution in [0.1, 0.15) is 183 Å². The number of ether oxygens (including phenoxy) is 1. The minimum Gasteiger partial charge on any atom is -0.377 e. The highest BCUT2D eigenvalue weighted by molar-refractivity contribution is 6.01. The standard InChI is InChI=1S/C74H119F5N12O13/c1-16-45(7)62-70(101)85(11)43-60(94)86(12)53-29-24-21-25-34-90(69(53)100)57(38-46-27-22-20-23-28-46)68(99)84(10)42-58(92)80-52(31-30-47-36-50(75)61(51(76)37-47)74(77,78)79)66(97)91-41-49(104-19-4)39-55(91)65(96)82-73(32-26-33-73)72(103)89(15)63(48(17-2)18-3)71(102)88(14)56(67(98)83(8)9)40-59(93)87(13)54(35-44(5)6)64(95)81-62/h21,24,44-57,61-63H,16-20,22-23,25-43H2,1-15H3,(H,80,92)(H,81,95)(H,82,96)/b24-21-/t45-,47?,49+,50?,51?,52-,53-,54-,55-,56-,57-,61?,62-,63-/m0/s1. The van der Waals surface area contributed by atoms with Gasteiger partial charge >= 0.3 is 6.18 Å². The number of nitrogens with zero attached hydrogens (tertiary/aromatic N) is 9. The Bertz CT molecular complexity index is 3040. The number of nitrogens with one attached hydrogen (secondary N) is 3. The molecule has 30 heteroatoms. The Labute approximate surface area is 611 Å². The summed E-state index contributed by atoms with van der Waals surface area (Å²) in [5.41, 5.74) is -1.66. The van der Waals surface area contributed by atoms with Crippen LogP contribution in [0.2, 0.25) is 0 Å². The molecule has 12 atom stereocenters. The van der Waals surface area contributed by atoms with Crippen molar-refractivity contribution in [3.8, 4) is 0 Å². The second-order valence-electron chi connectivity index (χ2n) is 30.9. The van der Waals surface area contributed by atoms with Gasteiger partial charge in [0, 0.05) is 82.5 Å². The van der Waals surface area contributed by atoms with Crippen LogP contribution in [0.25, 0.3) is 0 Å². The van der Waals surface area contributed by atoms with E-state index in [1.165, 1.54) is 85.8 Å². The van der Waals surface area contributed by atoms with Crippen molar-refractivity contribution in [2.75, 3.05) is 89.2 Å². The zero-order valence-electron chi connectivity index (χ0n) is 64.1. The molecular weight excluding hydrogens is 1360 g/mol. The largest absolute Gasteiger partial charge is 0.397 e. The number of amides is 12. The second kappa shape index (κ2) is 38.0. The van der Waals surface area contributed by atoms with E-state index >= 15 is 37.5 Å². The zero-order valence-corrected chi connectivity index (χ0v) is 64.1. The molecule has 104 heavy (non-hydrogen) atoms. The van der Waals surface area contributed by atoms with Gasteiger partial charge in [0.1, 0.15) is 72.1 Å². The molecule has 1 spiro atoms. The zero-order chi connectivity index (χ0) is 77.6. The molecule has 12 amide bonds. The first-order chi connectivity index (χ1) is 48.9. The third-order valence-electron chi connectivity index (χ3n) is 23.0. The number of fused-ring (bicyclic) bond motifs is 3. The van der Waals surface area contributed by atoms with E-state index < -0.39 is 212 Å². The van der Waals surface area contributed by atoms with Crippen molar-refractivity contribution in [1.29, 1.82) is 0 Å². The molecule has 0 aromatic heterocycles. The predicted molar refractivity (Wildman–Crippen MR) is 378 cm³/mol. The molecule has 2 unspecified atom stereocenters. The summed E-state index contributed by atoms with van der Waals surface area (Å²) in [5.74, 6) is -13.9. The third-order valence-corrected chi connectivity index (χ3v) is 23.0. The Kier molecular flexibility index (Phi) is 31.4. The van der Waals surface area contributed by atoms with Crippen molar-refractivity contribution in [2.45, 2.75) is 262 Å². The van der Waals surface area contributed by atoms with Crippen molar-refractivity contribution < 1.29 is 84.2 Å². The Hall–Kier alpha value is -7.01. The highest BCUT2D eigenvalue weighted by Gasteiger charge is 2.56. The Morgan fingerprint density at radius 3 is 1.84 bits per heavy atom. The maximum Gasteiger partial charge on any atom is 0.397 e. The first-order valence-electron chi connectivity index (χ1n) is 37.8. The molecule has 0 aromatic carbocycles. The lowest BCUT2D eigenvalue weighted by atomic mass is 9.74. The summed E-state index contributed by atoms with van der Waals surface area (Å²) in [6, 6.07) is -10.7. The van der Waals surface area contributed by atoms with E-state index in [0.717, 1.165) is 46.8 Å². The summed E-state index contributed by atoms with van der Waals surface area (Å²) < 4.78 is 78.8. The molecule has 3 aliphatic carbocycles. The van der Waals surface area contributed by atoms with E-state index in [4.69, 9.17) is 4.74 Å². The Morgan fingerprint density at radius 2 is 1.28 bits per heavy atom. The lowest BCUT2D eigenvalue weighted by molar-refractivity contribution is -0.219. The highest BCUT2D eigenvalue weighted by atomic mass is 19.4. The van der Waals surface area contributed by atoms with Gasteiger partial charge in [-0.2, -0.15) is 13.2 Å². The summed E-state index contributed by atoms with van der Waals surface area (Å²) in [4.78, 5) is 192. The van der Waals surface area contributed by atoms with Crippen molar-refractivity contribution >= 4 is 70.9 Å². The van der Waals surface area contributed by atoms with Gasteiger partial charge in [-0.3, -0.25) is 57.5 Å². The van der Waals surface area contributed by atoms with E-state index in [1.54, 1.807) is 19.9 Å². The van der Waals surface area contributed by atoms with Gasteiger partial charge in [-0.1, -0.05) is 105 Å². The maximum absolute atomic E-state index is 15.5. The van der Waals surface area contributed by atoms with Gasteiger partial charge in [0.25, 0.3) is 0 Å². The SMILES string of the molecule is CCO[C@@H]1C[C@H]2C(=O)NC3(CCC3)C(=O)N(C)[C@@H](C(CC)CC)C(=O)N(C)[C@H](C(=O)N(C)C)CC(=O)N(C)[C@@H](CC(C)C)C(=O)N[C@@H]([C@@H](C)CC)C(=O)N(C)CC(=O)N(C)[C@H]3C/C=C\CCN(C3=O)[C@@H](CC3CCCCC3)C(=O)N(C)CC(=O)N[C@@H](CCC3CC(F)C(C(F)(F)F)C(F)C3)C(=O)N2C1. The van der Waals surface area contributed by atoms with Gasteiger partial charge in [0.15, 0.2) is 0 Å². The number of carbonyl (C=O) groups excluding carboxylic acids is 12. The molecule has 25 nitrogen and oxygen atoms in total. The van der Waals surface area contributed by atoms with Gasteiger partial charge in [-0.15, -0.1) is 0 Å². The molecule has 3 N–H and O–H groups in total. The van der Waals surface area contributed by atoms with Gasteiger partial charge in [0.05, 0.1) is 25.6 Å². The fourth-order valence-corrected chi connectivity index (χ4v) is 16.2. The molecule has 0 radical (unpaired) electrons. The highest BCUT2D eigenvalue weighted by Crippen LogP contribution is 2.45. The Balaban J connectivity index is 1.48. The average molecular weight is 1480 g/mol. The summed E-state index contributed by atoms with van der Waals surface area (Å²) in [5, 5.41) is 8.55. The summed E-state index contributed by atoms with van der Waals surface area (Å²) in [7, 11) is 11.2. The third kappa shape index (κ3) is 21.0. The molecule has 2 bridgehead atoms. The van der Waals surface area contributed by atoms with Crippen molar-refractivity contribution in [2.24, 2.45) is 35.5 Å². The second-order valence-corrected chi connectivity index (χ2v) is 30.9. The van der Waals surface area contributed by atoms with Crippen LogP contribution in [0.15, 0.2) is 12.2 Å². The van der Waals surface area contributed by atoms with E-state index in [0.29, 0.717) is 32.1 Å². The first kappa shape index (κ1) is 85.9. The summed E-state index contributed by atoms with van der Waals surface area (Å²) in [6.07, 6.45) is -3.99. The molecule has 5 fully saturated rings. The quantitative estimate of drug-likeness (QED) is 0.129. The Morgan fingerprint density at radius 1 is 0.654 bits per heavy atom. The summed E-state index contributed by atoms with van der Waals surface area (Å²) >= 11 is 0. The van der Waals surface area contributed by atoms with Gasteiger partial charge in [-0.05, 0) is 107 Å². The molecular formula is C74H119F5N12O13. The predicted octanol–water partition coefficient (Wildman–Crippen LogP) is 5.81. The van der Waals surface area contributed by atoms with Crippen molar-refractivity contribution in [1.82, 2.24) is 60.0 Å². The van der Waals surface area contributed by atoms with E-state index in [-0.39, 0.29) is 76.5 Å². The molecule has 3 saturated carbocycles. The van der Waals surface area contributed by atoms with Crippen LogP contribution >= 0.6 is 0 Å². The average Bonchev–Trinajstić information content (AvgIpc) is 1.61. The lowest BCUT2D eigenvalue weighted by Crippen LogP contribution is -2.68. The van der Waals surface area contributed by atoms with Crippen LogP contribution in [0.4, 0.5) is 22.0 Å². The number of alkyl halides is 5. The minimum atomic E-state index is -5.17. The molecule has 3 heterocycles. The van der Waals surface area contributed by atoms with Crippen molar-refractivity contribution in [3.63, 3.8) is 0 Å². The van der Waals surface area contributed by atoms with Crippen LogP contribution in [-0.4, -0.2) is 283 Å². The van der Waals surface area contributed by atoms with Gasteiger partial charge in [0.2, 0.25) is 70.9 Å². The number of carbonyl (C=O) groups is 12. The van der Waals surface area contributed by atoms with Crippen LogP contribution in [0, 0.1) is 35.5 Å². The lowest BCUT2D eigenvalue weighted by Gasteiger charge is -2.47. The number of likely N-dealkylation sites (N-methyl/N-ethyl adjacent to an activating group) is 7. The fraction of sp³-hybridized carbons (Fsp3) is 0.811. The van der Waals surface area contributed by atoms with Crippen LogP contribution in [-0.2, 0) is 62.3 Å².